The third kappa shape index (κ3) is 6.56. The molecule has 1 aliphatic rings. The molecule has 0 N–H and O–H groups in total. The van der Waals surface area contributed by atoms with E-state index in [9.17, 15) is 9.59 Å². The zero-order valence-electron chi connectivity index (χ0n) is 36.2. The minimum Gasteiger partial charge on any atom is -0.467 e. The van der Waals surface area contributed by atoms with Gasteiger partial charge in [0.15, 0.2) is 5.82 Å². The van der Waals surface area contributed by atoms with Crippen LogP contribution in [0.3, 0.4) is 0 Å². The lowest BCUT2D eigenvalue weighted by atomic mass is 9.76. The van der Waals surface area contributed by atoms with E-state index in [-0.39, 0.29) is 5.91 Å². The number of aryl methyl sites for hydroxylation is 1. The largest absolute Gasteiger partial charge is 0.467 e. The highest BCUT2D eigenvalue weighted by Crippen LogP contribution is 2.50. The number of carbonyl (C=O) groups is 2. The predicted octanol–water partition coefficient (Wildman–Crippen LogP) is 9.90. The number of methoxy groups -OCH3 is 1. The molecule has 318 valence electrons. The average Bonchev–Trinajstić information content (AvgIpc) is 3.99. The molecule has 2 unspecified atom stereocenters. The van der Waals surface area contributed by atoms with Crippen LogP contribution in [-0.2, 0) is 31.8 Å². The van der Waals surface area contributed by atoms with Crippen molar-refractivity contribution in [3.05, 3.63) is 245 Å². The van der Waals surface area contributed by atoms with Gasteiger partial charge >= 0.3 is 5.97 Å². The van der Waals surface area contributed by atoms with E-state index in [1.807, 2.05) is 139 Å². The van der Waals surface area contributed by atoms with E-state index < -0.39 is 23.1 Å². The van der Waals surface area contributed by atoms with Crippen molar-refractivity contribution in [1.29, 1.82) is 0 Å². The summed E-state index contributed by atoms with van der Waals surface area (Å²) in [6.07, 6.45) is 0.407. The van der Waals surface area contributed by atoms with Crippen molar-refractivity contribution in [1.82, 2.24) is 34.7 Å². The van der Waals surface area contributed by atoms with Gasteiger partial charge in [-0.05, 0) is 68.4 Å². The number of hydrogen-bond donors (Lipinski definition) is 0. The van der Waals surface area contributed by atoms with Crippen LogP contribution in [0.15, 0.2) is 200 Å². The first kappa shape index (κ1) is 40.8. The summed E-state index contributed by atoms with van der Waals surface area (Å²) in [5, 5.41) is 13.9. The van der Waals surface area contributed by atoms with Crippen LogP contribution in [0, 0.1) is 6.92 Å². The molecule has 9 aromatic rings. The summed E-state index contributed by atoms with van der Waals surface area (Å²) in [5.41, 5.74) is 6.82. The number of hydrogen-bond acceptors (Lipinski definition) is 7. The van der Waals surface area contributed by atoms with Gasteiger partial charge in [0.2, 0.25) is 11.4 Å². The standard InChI is InChI=1S/C55H45N7O3/c1-38-56-51-50(37-49(41-21-9-4-10-22-41)61(39(2)63)55(51,53(64)65-3)45-29-17-8-18-30-45)60(38)46-35-33-40(34-36-46)47-31-19-20-32-48(47)52-57-58-59-62(52)54(42-23-11-5-12-24-42,43-25-13-6-14-26-43)44-27-15-7-16-28-44/h4-36,49H,37H2,1-3H3. The van der Waals surface area contributed by atoms with E-state index in [1.165, 1.54) is 14.0 Å². The highest BCUT2D eigenvalue weighted by Gasteiger charge is 2.59. The SMILES string of the molecule is COC(=O)C1(c2ccccc2)c2nc(C)n(-c3ccc(-c4ccccc4-c4nnnn4C(c4ccccc4)(c4ccccc4)c4ccccc4)cc3)c2CC(c2ccccc2)N1C(C)=O. The van der Waals surface area contributed by atoms with Gasteiger partial charge in [-0.2, -0.15) is 0 Å². The molecule has 1 aliphatic heterocycles. The number of amides is 1. The molecule has 0 radical (unpaired) electrons. The number of nitrogens with zero attached hydrogens (tertiary/aromatic N) is 7. The second kappa shape index (κ2) is 16.8. The first-order chi connectivity index (χ1) is 31.9. The molecule has 0 fully saturated rings. The van der Waals surface area contributed by atoms with E-state index in [0.717, 1.165) is 50.3 Å². The van der Waals surface area contributed by atoms with Crippen molar-refractivity contribution in [2.75, 3.05) is 7.11 Å². The van der Waals surface area contributed by atoms with Crippen LogP contribution in [0.5, 0.6) is 0 Å². The zero-order valence-corrected chi connectivity index (χ0v) is 36.2. The molecule has 1 amide bonds. The van der Waals surface area contributed by atoms with Crippen LogP contribution in [0.4, 0.5) is 0 Å². The Hall–Kier alpha value is -8.24. The van der Waals surface area contributed by atoms with Gasteiger partial charge in [-0.3, -0.25) is 4.79 Å². The summed E-state index contributed by atoms with van der Waals surface area (Å²) in [7, 11) is 1.36. The Bertz CT molecular complexity index is 3020. The Kier molecular flexibility index (Phi) is 10.5. The Morgan fingerprint density at radius 1 is 0.646 bits per heavy atom. The predicted molar refractivity (Wildman–Crippen MR) is 250 cm³/mol. The summed E-state index contributed by atoms with van der Waals surface area (Å²) in [6, 6.07) is 66.3. The molecule has 10 nitrogen and oxygen atoms in total. The molecular formula is C55H45N7O3. The van der Waals surface area contributed by atoms with Gasteiger partial charge in [-0.1, -0.05) is 188 Å². The monoisotopic (exact) mass is 851 g/mol. The molecule has 0 bridgehead atoms. The molecule has 0 spiro atoms. The van der Waals surface area contributed by atoms with Crippen LogP contribution < -0.4 is 0 Å². The maximum atomic E-state index is 14.6. The fraction of sp³-hybridized carbons (Fsp3) is 0.127. The molecule has 0 aliphatic carbocycles. The Morgan fingerprint density at radius 2 is 1.15 bits per heavy atom. The van der Waals surface area contributed by atoms with E-state index in [4.69, 9.17) is 20.0 Å². The second-order valence-corrected chi connectivity index (χ2v) is 16.2. The van der Waals surface area contributed by atoms with Gasteiger partial charge < -0.3 is 14.2 Å². The molecule has 65 heavy (non-hydrogen) atoms. The first-order valence-corrected chi connectivity index (χ1v) is 21.6. The molecule has 10 rings (SSSR count). The number of aromatic nitrogens is 6. The third-order valence-corrected chi connectivity index (χ3v) is 12.7. The molecule has 2 atom stereocenters. The van der Waals surface area contributed by atoms with E-state index >= 15 is 0 Å². The van der Waals surface area contributed by atoms with Gasteiger partial charge in [0, 0.05) is 24.6 Å². The van der Waals surface area contributed by atoms with Crippen molar-refractivity contribution in [2.24, 2.45) is 0 Å². The second-order valence-electron chi connectivity index (χ2n) is 16.2. The van der Waals surface area contributed by atoms with Crippen LogP contribution in [-0.4, -0.2) is 53.6 Å². The zero-order chi connectivity index (χ0) is 44.5. The number of tetrazole rings is 1. The van der Waals surface area contributed by atoms with Crippen LogP contribution in [0.25, 0.3) is 28.2 Å². The molecular weight excluding hydrogens is 807 g/mol. The van der Waals surface area contributed by atoms with Gasteiger partial charge in [0.25, 0.3) is 0 Å². The molecule has 0 saturated heterocycles. The Balaban J connectivity index is 1.13. The molecule has 0 saturated carbocycles. The van der Waals surface area contributed by atoms with Crippen LogP contribution in [0.2, 0.25) is 0 Å². The summed E-state index contributed by atoms with van der Waals surface area (Å²) in [6.45, 7) is 3.44. The highest BCUT2D eigenvalue weighted by molar-refractivity contribution is 5.93. The van der Waals surface area contributed by atoms with E-state index in [0.29, 0.717) is 29.3 Å². The van der Waals surface area contributed by atoms with Gasteiger partial charge in [0.05, 0.1) is 18.8 Å². The molecule has 2 aromatic heterocycles. The summed E-state index contributed by atoms with van der Waals surface area (Å²) in [4.78, 5) is 35.4. The third-order valence-electron chi connectivity index (χ3n) is 12.7. The summed E-state index contributed by atoms with van der Waals surface area (Å²) in [5.74, 6) is 0.412. The van der Waals surface area contributed by atoms with Gasteiger partial charge in [0.1, 0.15) is 17.1 Å². The number of benzene rings is 7. The number of fused-ring (bicyclic) bond motifs is 1. The van der Waals surface area contributed by atoms with Gasteiger partial charge in [-0.25, -0.2) is 14.5 Å². The number of rotatable bonds is 10. The number of ether oxygens (including phenoxy) is 1. The minimum atomic E-state index is -1.66. The molecule has 10 heteroatoms. The van der Waals surface area contributed by atoms with E-state index in [1.54, 1.807) is 4.90 Å². The lowest BCUT2D eigenvalue weighted by molar-refractivity contribution is -0.163. The van der Waals surface area contributed by atoms with Crippen molar-refractivity contribution >= 4 is 11.9 Å². The van der Waals surface area contributed by atoms with Crippen molar-refractivity contribution in [3.63, 3.8) is 0 Å². The smallest absolute Gasteiger partial charge is 0.343 e. The number of esters is 1. The molecule has 3 heterocycles. The number of imidazole rings is 1. The fourth-order valence-corrected chi connectivity index (χ4v) is 10.0. The van der Waals surface area contributed by atoms with Crippen molar-refractivity contribution in [2.45, 2.75) is 37.4 Å². The Morgan fingerprint density at radius 3 is 1.69 bits per heavy atom. The van der Waals surface area contributed by atoms with Crippen molar-refractivity contribution < 1.29 is 14.3 Å². The maximum absolute atomic E-state index is 14.6. The first-order valence-electron chi connectivity index (χ1n) is 21.6. The number of carbonyl (C=O) groups excluding carboxylic acids is 2. The van der Waals surface area contributed by atoms with E-state index in [2.05, 4.69) is 82.6 Å². The lowest BCUT2D eigenvalue weighted by Crippen LogP contribution is -2.59. The minimum absolute atomic E-state index is 0.270. The Labute approximate surface area is 377 Å². The summed E-state index contributed by atoms with van der Waals surface area (Å²) >= 11 is 0. The van der Waals surface area contributed by atoms with Crippen LogP contribution >= 0.6 is 0 Å². The quantitative estimate of drug-likeness (QED) is 0.0996. The maximum Gasteiger partial charge on any atom is 0.343 e. The average molecular weight is 852 g/mol. The molecule has 7 aromatic carbocycles. The normalized spacial score (nSPS) is 15.9. The highest BCUT2D eigenvalue weighted by atomic mass is 16.5. The van der Waals surface area contributed by atoms with Crippen molar-refractivity contribution in [3.8, 4) is 28.2 Å². The fourth-order valence-electron chi connectivity index (χ4n) is 10.0. The lowest BCUT2D eigenvalue weighted by Gasteiger charge is -2.48. The van der Waals surface area contributed by atoms with Gasteiger partial charge in [-0.15, -0.1) is 5.10 Å². The topological polar surface area (TPSA) is 108 Å². The van der Waals surface area contributed by atoms with Crippen LogP contribution in [0.1, 0.15) is 58.0 Å². The summed E-state index contributed by atoms with van der Waals surface area (Å²) < 4.78 is 9.70.